The maximum atomic E-state index is 9.15. The van der Waals surface area contributed by atoms with E-state index in [2.05, 4.69) is 97.1 Å². The number of fused-ring (bicyclic) bond motifs is 9. The molecule has 0 radical (unpaired) electrons. The van der Waals surface area contributed by atoms with Crippen LogP contribution >= 0.6 is 0 Å². The van der Waals surface area contributed by atoms with Crippen molar-refractivity contribution in [3.63, 3.8) is 0 Å². The second-order valence-corrected chi connectivity index (χ2v) is 10.3. The molecule has 1 aliphatic carbocycles. The first-order chi connectivity index (χ1) is 19.3. The summed E-state index contributed by atoms with van der Waals surface area (Å²) in [6, 6.07) is 42.2. The SMILES string of the molecule is N#Cc1ccc(C2CC=C(c3ccc4c(c3)C3(c5ccccc5O4)c4ccccc4-c4ccccc43)O2)cc1. The number of hydrogen-bond donors (Lipinski definition) is 0. The van der Waals surface area contributed by atoms with Gasteiger partial charge >= 0.3 is 0 Å². The van der Waals surface area contributed by atoms with Crippen molar-refractivity contribution in [1.29, 1.82) is 5.26 Å². The van der Waals surface area contributed by atoms with Crippen molar-refractivity contribution in [2.24, 2.45) is 0 Å². The number of para-hydroxylation sites is 1. The number of rotatable bonds is 2. The van der Waals surface area contributed by atoms with Crippen molar-refractivity contribution in [1.82, 2.24) is 0 Å². The Kier molecular flexibility index (Phi) is 4.63. The summed E-state index contributed by atoms with van der Waals surface area (Å²) in [5.41, 5.74) is 9.64. The summed E-state index contributed by atoms with van der Waals surface area (Å²) >= 11 is 0. The molecule has 3 aliphatic rings. The Labute approximate surface area is 227 Å². The molecule has 1 atom stereocenters. The Hall–Kier alpha value is -5.07. The maximum absolute atomic E-state index is 9.15. The normalized spacial score (nSPS) is 17.1. The molecular weight excluding hydrogens is 478 g/mol. The van der Waals surface area contributed by atoms with Crippen molar-refractivity contribution >= 4 is 5.76 Å². The summed E-state index contributed by atoms with van der Waals surface area (Å²) in [6.07, 6.45) is 2.89. The van der Waals surface area contributed by atoms with Crippen LogP contribution < -0.4 is 4.74 Å². The van der Waals surface area contributed by atoms with E-state index in [1.807, 2.05) is 30.3 Å². The lowest BCUT2D eigenvalue weighted by atomic mass is 9.66. The predicted octanol–water partition coefficient (Wildman–Crippen LogP) is 8.53. The lowest BCUT2D eigenvalue weighted by molar-refractivity contribution is 0.194. The van der Waals surface area contributed by atoms with Gasteiger partial charge in [0.05, 0.1) is 17.0 Å². The third-order valence-corrected chi connectivity index (χ3v) is 8.33. The first kappa shape index (κ1) is 22.0. The summed E-state index contributed by atoms with van der Waals surface area (Å²) < 4.78 is 13.0. The monoisotopic (exact) mass is 501 g/mol. The topological polar surface area (TPSA) is 42.2 Å². The van der Waals surface area contributed by atoms with Gasteiger partial charge in [0.1, 0.15) is 23.4 Å². The molecule has 39 heavy (non-hydrogen) atoms. The largest absolute Gasteiger partial charge is 0.485 e. The zero-order valence-corrected chi connectivity index (χ0v) is 21.1. The fourth-order valence-electron chi connectivity index (χ4n) is 6.64. The van der Waals surface area contributed by atoms with E-state index < -0.39 is 5.41 Å². The van der Waals surface area contributed by atoms with Crippen molar-refractivity contribution in [3.05, 3.63) is 160 Å². The van der Waals surface area contributed by atoms with E-state index in [1.165, 1.54) is 22.3 Å². The van der Waals surface area contributed by atoms with Gasteiger partial charge in [-0.05, 0) is 70.3 Å². The number of nitriles is 1. The van der Waals surface area contributed by atoms with Gasteiger partial charge in [-0.3, -0.25) is 0 Å². The van der Waals surface area contributed by atoms with E-state index in [0.717, 1.165) is 45.9 Å². The average Bonchev–Trinajstić information content (AvgIpc) is 3.60. The van der Waals surface area contributed by atoms with Crippen molar-refractivity contribution in [3.8, 4) is 28.7 Å². The smallest absolute Gasteiger partial charge is 0.132 e. The number of ether oxygens (including phenoxy) is 2. The minimum absolute atomic E-state index is 0.0670. The first-order valence-electron chi connectivity index (χ1n) is 13.3. The average molecular weight is 502 g/mol. The lowest BCUT2D eigenvalue weighted by Crippen LogP contribution is -2.32. The van der Waals surface area contributed by atoms with E-state index in [0.29, 0.717) is 5.56 Å². The molecule has 2 heterocycles. The molecule has 1 unspecified atom stereocenters. The zero-order valence-electron chi connectivity index (χ0n) is 21.1. The lowest BCUT2D eigenvalue weighted by Gasteiger charge is -2.39. The van der Waals surface area contributed by atoms with Crippen LogP contribution in [0.4, 0.5) is 0 Å². The minimum Gasteiger partial charge on any atom is -0.485 e. The molecule has 0 saturated heterocycles. The number of benzene rings is 5. The highest BCUT2D eigenvalue weighted by Crippen LogP contribution is 2.62. The maximum Gasteiger partial charge on any atom is 0.132 e. The van der Waals surface area contributed by atoms with Gasteiger partial charge in [-0.1, -0.05) is 78.9 Å². The van der Waals surface area contributed by atoms with Crippen LogP contribution in [0.25, 0.3) is 16.9 Å². The molecule has 0 fully saturated rings. The van der Waals surface area contributed by atoms with E-state index in [4.69, 9.17) is 14.7 Å². The molecule has 184 valence electrons. The van der Waals surface area contributed by atoms with Crippen LogP contribution in [0.2, 0.25) is 0 Å². The van der Waals surface area contributed by atoms with Gasteiger partial charge < -0.3 is 9.47 Å². The van der Waals surface area contributed by atoms with E-state index in [1.54, 1.807) is 0 Å². The van der Waals surface area contributed by atoms with Crippen molar-refractivity contribution in [2.45, 2.75) is 17.9 Å². The standard InChI is InChI=1S/C36H23NO2/c37-22-23-13-15-24(16-14-23)32-19-20-33(38-32)25-17-18-35-31(21-25)36(30-11-5-6-12-34(30)39-35)28-9-3-1-7-26(28)27-8-2-4-10-29(27)36/h1-18,20-21,32H,19H2. The molecule has 0 bridgehead atoms. The molecule has 8 rings (SSSR count). The second-order valence-electron chi connectivity index (χ2n) is 10.3. The van der Waals surface area contributed by atoms with E-state index in [-0.39, 0.29) is 6.10 Å². The highest BCUT2D eigenvalue weighted by atomic mass is 16.5. The fraction of sp³-hybridized carbons (Fsp3) is 0.0833. The van der Waals surface area contributed by atoms with Crippen molar-refractivity contribution < 1.29 is 9.47 Å². The van der Waals surface area contributed by atoms with Crippen LogP contribution in [0.5, 0.6) is 11.5 Å². The first-order valence-corrected chi connectivity index (χ1v) is 13.3. The molecule has 5 aromatic rings. The van der Waals surface area contributed by atoms with Gasteiger partial charge in [0.25, 0.3) is 0 Å². The van der Waals surface area contributed by atoms with Gasteiger partial charge in [0.2, 0.25) is 0 Å². The zero-order chi connectivity index (χ0) is 26.0. The molecular formula is C36H23NO2. The van der Waals surface area contributed by atoms with Gasteiger partial charge in [0, 0.05) is 23.1 Å². The van der Waals surface area contributed by atoms with E-state index in [9.17, 15) is 0 Å². The van der Waals surface area contributed by atoms with Crippen LogP contribution in [-0.2, 0) is 10.2 Å². The van der Waals surface area contributed by atoms with Crippen LogP contribution in [-0.4, -0.2) is 0 Å². The highest BCUT2D eigenvalue weighted by molar-refractivity contribution is 5.88. The van der Waals surface area contributed by atoms with Gasteiger partial charge in [-0.15, -0.1) is 0 Å². The van der Waals surface area contributed by atoms with Gasteiger partial charge in [-0.2, -0.15) is 5.26 Å². The quantitative estimate of drug-likeness (QED) is 0.238. The highest BCUT2D eigenvalue weighted by Gasteiger charge is 2.51. The summed E-state index contributed by atoms with van der Waals surface area (Å²) in [6.45, 7) is 0. The molecule has 3 heteroatoms. The van der Waals surface area contributed by atoms with Crippen molar-refractivity contribution in [2.75, 3.05) is 0 Å². The van der Waals surface area contributed by atoms with Crippen LogP contribution in [0.15, 0.2) is 121 Å². The van der Waals surface area contributed by atoms with Gasteiger partial charge in [-0.25, -0.2) is 0 Å². The second kappa shape index (κ2) is 8.21. The minimum atomic E-state index is -0.487. The Morgan fingerprint density at radius 1 is 0.667 bits per heavy atom. The summed E-state index contributed by atoms with van der Waals surface area (Å²) in [4.78, 5) is 0. The Balaban J connectivity index is 1.29. The van der Waals surface area contributed by atoms with Crippen LogP contribution in [0.1, 0.15) is 51.5 Å². The summed E-state index contributed by atoms with van der Waals surface area (Å²) in [5, 5.41) is 9.15. The predicted molar refractivity (Wildman–Crippen MR) is 151 cm³/mol. The fourth-order valence-corrected chi connectivity index (χ4v) is 6.64. The van der Waals surface area contributed by atoms with Crippen LogP contribution in [0.3, 0.4) is 0 Å². The molecule has 0 saturated carbocycles. The number of nitrogens with zero attached hydrogens (tertiary/aromatic N) is 1. The third kappa shape index (κ3) is 3.03. The Bertz CT molecular complexity index is 1810. The third-order valence-electron chi connectivity index (χ3n) is 8.33. The van der Waals surface area contributed by atoms with E-state index >= 15 is 0 Å². The summed E-state index contributed by atoms with van der Waals surface area (Å²) in [5.74, 6) is 2.63. The summed E-state index contributed by atoms with van der Waals surface area (Å²) in [7, 11) is 0. The molecule has 0 amide bonds. The molecule has 3 nitrogen and oxygen atoms in total. The van der Waals surface area contributed by atoms with Gasteiger partial charge in [0.15, 0.2) is 0 Å². The molecule has 5 aromatic carbocycles. The molecule has 0 N–H and O–H groups in total. The Morgan fingerprint density at radius 3 is 2.03 bits per heavy atom. The number of hydrogen-bond acceptors (Lipinski definition) is 3. The molecule has 1 spiro atoms. The Morgan fingerprint density at radius 2 is 1.31 bits per heavy atom. The molecule has 2 aliphatic heterocycles. The van der Waals surface area contributed by atoms with Crippen LogP contribution in [0, 0.1) is 11.3 Å². The molecule has 0 aromatic heterocycles.